The van der Waals surface area contributed by atoms with Crippen molar-refractivity contribution in [3.63, 3.8) is 0 Å². The number of nitrogens with zero attached hydrogens (tertiary/aromatic N) is 2. The summed E-state index contributed by atoms with van der Waals surface area (Å²) in [7, 11) is 0. The van der Waals surface area contributed by atoms with E-state index in [9.17, 15) is 0 Å². The van der Waals surface area contributed by atoms with Crippen LogP contribution in [0.5, 0.6) is 5.75 Å². The molecule has 0 aliphatic heterocycles. The van der Waals surface area contributed by atoms with Crippen molar-refractivity contribution in [2.45, 2.75) is 52.9 Å². The van der Waals surface area contributed by atoms with E-state index in [-0.39, 0.29) is 12.1 Å². The molecule has 0 radical (unpaired) electrons. The molecule has 1 atom stereocenters. The van der Waals surface area contributed by atoms with E-state index in [1.807, 2.05) is 38.5 Å². The van der Waals surface area contributed by atoms with Gasteiger partial charge >= 0.3 is 0 Å². The van der Waals surface area contributed by atoms with Crippen molar-refractivity contribution in [2.24, 2.45) is 0 Å². The van der Waals surface area contributed by atoms with E-state index < -0.39 is 0 Å². The van der Waals surface area contributed by atoms with Gasteiger partial charge in [0.05, 0.1) is 18.1 Å². The van der Waals surface area contributed by atoms with Crippen LogP contribution in [0.25, 0.3) is 0 Å². The van der Waals surface area contributed by atoms with Gasteiger partial charge in [0, 0.05) is 25.3 Å². The number of hydrogen-bond acceptors (Lipinski definition) is 3. The highest BCUT2D eigenvalue weighted by Gasteiger charge is 2.08. The third-order valence-corrected chi connectivity index (χ3v) is 3.46. The maximum absolute atomic E-state index is 5.75. The first kappa shape index (κ1) is 15.6. The van der Waals surface area contributed by atoms with Crippen molar-refractivity contribution in [3.05, 3.63) is 48.0 Å². The van der Waals surface area contributed by atoms with Gasteiger partial charge in [-0.25, -0.2) is 4.98 Å². The predicted octanol–water partition coefficient (Wildman–Crippen LogP) is 3.54. The smallest absolute Gasteiger partial charge is 0.120 e. The fourth-order valence-electron chi connectivity index (χ4n) is 2.28. The molecule has 0 aliphatic rings. The second-order valence-corrected chi connectivity index (χ2v) is 5.51. The molecule has 1 aromatic carbocycles. The Morgan fingerprint density at radius 1 is 1.29 bits per heavy atom. The van der Waals surface area contributed by atoms with Crippen molar-refractivity contribution < 1.29 is 4.74 Å². The first-order valence-electron chi connectivity index (χ1n) is 7.59. The molecule has 0 aliphatic carbocycles. The van der Waals surface area contributed by atoms with Crippen LogP contribution in [0.2, 0.25) is 0 Å². The van der Waals surface area contributed by atoms with E-state index in [1.54, 1.807) is 0 Å². The van der Waals surface area contributed by atoms with Crippen LogP contribution in [0, 0.1) is 0 Å². The Balaban J connectivity index is 1.98. The molecule has 1 aromatic heterocycles. The second-order valence-electron chi connectivity index (χ2n) is 5.51. The highest BCUT2D eigenvalue weighted by Crippen LogP contribution is 2.20. The van der Waals surface area contributed by atoms with Gasteiger partial charge in [0.15, 0.2) is 0 Å². The zero-order chi connectivity index (χ0) is 15.2. The summed E-state index contributed by atoms with van der Waals surface area (Å²) >= 11 is 0. The summed E-state index contributed by atoms with van der Waals surface area (Å²) in [6, 6.07) is 8.54. The summed E-state index contributed by atoms with van der Waals surface area (Å²) in [6.07, 6.45) is 3.99. The van der Waals surface area contributed by atoms with Crippen molar-refractivity contribution in [3.8, 4) is 5.75 Å². The topological polar surface area (TPSA) is 39.1 Å². The Morgan fingerprint density at radius 3 is 2.81 bits per heavy atom. The number of imidazole rings is 1. The summed E-state index contributed by atoms with van der Waals surface area (Å²) in [6.45, 7) is 10.1. The molecule has 0 saturated carbocycles. The zero-order valence-electron chi connectivity index (χ0n) is 13.3. The molecule has 1 heterocycles. The summed E-state index contributed by atoms with van der Waals surface area (Å²) in [5.41, 5.74) is 2.44. The standard InChI is InChI=1S/C17H25N3O/c1-5-20-12-18-10-16(20)11-19-14(4)15-7-6-8-17(9-15)21-13(2)3/h6-10,12-14,19H,5,11H2,1-4H3. The number of benzene rings is 1. The second kappa shape index (κ2) is 7.27. The molecule has 2 aromatic rings. The summed E-state index contributed by atoms with van der Waals surface area (Å²) in [5, 5.41) is 3.54. The molecule has 21 heavy (non-hydrogen) atoms. The molecular formula is C17H25N3O. The number of nitrogens with one attached hydrogen (secondary N) is 1. The van der Waals surface area contributed by atoms with Crippen LogP contribution in [0.1, 0.15) is 45.0 Å². The third kappa shape index (κ3) is 4.33. The molecule has 4 nitrogen and oxygen atoms in total. The summed E-state index contributed by atoms with van der Waals surface area (Å²) in [5.74, 6) is 0.926. The van der Waals surface area contributed by atoms with Crippen LogP contribution in [0.15, 0.2) is 36.8 Å². The lowest BCUT2D eigenvalue weighted by molar-refractivity contribution is 0.242. The van der Waals surface area contributed by atoms with Gasteiger partial charge in [0.25, 0.3) is 0 Å². The minimum absolute atomic E-state index is 0.197. The van der Waals surface area contributed by atoms with Crippen molar-refractivity contribution in [1.29, 1.82) is 0 Å². The van der Waals surface area contributed by atoms with E-state index >= 15 is 0 Å². The first-order chi connectivity index (χ1) is 10.1. The predicted molar refractivity (Wildman–Crippen MR) is 85.4 cm³/mol. The van der Waals surface area contributed by atoms with Gasteiger partial charge in [-0.3, -0.25) is 0 Å². The molecule has 0 spiro atoms. The van der Waals surface area contributed by atoms with Gasteiger partial charge in [-0.2, -0.15) is 0 Å². The maximum atomic E-state index is 5.75. The Bertz CT molecular complexity index is 563. The Morgan fingerprint density at radius 2 is 2.10 bits per heavy atom. The molecular weight excluding hydrogens is 262 g/mol. The number of hydrogen-bond donors (Lipinski definition) is 1. The van der Waals surface area contributed by atoms with Gasteiger partial charge in [0.2, 0.25) is 0 Å². The number of aryl methyl sites for hydroxylation is 1. The number of aromatic nitrogens is 2. The lowest BCUT2D eigenvalue weighted by Crippen LogP contribution is -2.20. The molecule has 1 unspecified atom stereocenters. The van der Waals surface area contributed by atoms with Crippen LogP contribution in [-0.2, 0) is 13.1 Å². The Kier molecular flexibility index (Phi) is 5.39. The quantitative estimate of drug-likeness (QED) is 0.846. The molecule has 4 heteroatoms. The third-order valence-electron chi connectivity index (χ3n) is 3.46. The van der Waals surface area contributed by atoms with E-state index in [0.717, 1.165) is 18.8 Å². The van der Waals surface area contributed by atoms with Crippen LogP contribution < -0.4 is 10.1 Å². The highest BCUT2D eigenvalue weighted by molar-refractivity contribution is 5.30. The van der Waals surface area contributed by atoms with Crippen molar-refractivity contribution in [2.75, 3.05) is 0 Å². The van der Waals surface area contributed by atoms with E-state index in [0.29, 0.717) is 0 Å². The number of rotatable bonds is 7. The fourth-order valence-corrected chi connectivity index (χ4v) is 2.28. The van der Waals surface area contributed by atoms with Gasteiger partial charge < -0.3 is 14.6 Å². The normalized spacial score (nSPS) is 12.6. The van der Waals surface area contributed by atoms with Gasteiger partial charge in [-0.1, -0.05) is 12.1 Å². The lowest BCUT2D eigenvalue weighted by atomic mass is 10.1. The average Bonchev–Trinajstić information content (AvgIpc) is 2.91. The van der Waals surface area contributed by atoms with Crippen LogP contribution in [0.4, 0.5) is 0 Å². The summed E-state index contributed by atoms with van der Waals surface area (Å²) in [4.78, 5) is 4.19. The minimum Gasteiger partial charge on any atom is -0.491 e. The van der Waals surface area contributed by atoms with Crippen molar-refractivity contribution >= 4 is 0 Å². The lowest BCUT2D eigenvalue weighted by Gasteiger charge is -2.17. The van der Waals surface area contributed by atoms with E-state index in [1.165, 1.54) is 11.3 Å². The minimum atomic E-state index is 0.197. The Labute approximate surface area is 127 Å². The van der Waals surface area contributed by atoms with Gasteiger partial charge in [-0.05, 0) is 45.4 Å². The molecule has 1 N–H and O–H groups in total. The van der Waals surface area contributed by atoms with Crippen LogP contribution in [-0.4, -0.2) is 15.7 Å². The molecule has 0 bridgehead atoms. The highest BCUT2D eigenvalue weighted by atomic mass is 16.5. The number of ether oxygens (including phenoxy) is 1. The Hall–Kier alpha value is -1.81. The molecule has 0 saturated heterocycles. The van der Waals surface area contributed by atoms with Crippen molar-refractivity contribution in [1.82, 2.24) is 14.9 Å². The molecule has 0 fully saturated rings. The van der Waals surface area contributed by atoms with Crippen LogP contribution >= 0.6 is 0 Å². The molecule has 114 valence electrons. The first-order valence-corrected chi connectivity index (χ1v) is 7.59. The fraction of sp³-hybridized carbons (Fsp3) is 0.471. The van der Waals surface area contributed by atoms with Gasteiger partial charge in [-0.15, -0.1) is 0 Å². The van der Waals surface area contributed by atoms with E-state index in [2.05, 4.69) is 40.8 Å². The molecule has 0 amide bonds. The summed E-state index contributed by atoms with van der Waals surface area (Å²) < 4.78 is 7.90. The van der Waals surface area contributed by atoms with E-state index in [4.69, 9.17) is 4.74 Å². The molecule has 2 rings (SSSR count). The average molecular weight is 287 g/mol. The zero-order valence-corrected chi connectivity index (χ0v) is 13.3. The van der Waals surface area contributed by atoms with Gasteiger partial charge in [0.1, 0.15) is 5.75 Å². The van der Waals surface area contributed by atoms with Crippen LogP contribution in [0.3, 0.4) is 0 Å². The monoisotopic (exact) mass is 287 g/mol. The SMILES string of the molecule is CCn1cncc1CNC(C)c1cccc(OC(C)C)c1. The largest absolute Gasteiger partial charge is 0.491 e. The maximum Gasteiger partial charge on any atom is 0.120 e.